The predicted octanol–water partition coefficient (Wildman–Crippen LogP) is 4.10. The highest BCUT2D eigenvalue weighted by Crippen LogP contribution is 2.40. The second-order valence-electron chi connectivity index (χ2n) is 7.25. The van der Waals surface area contributed by atoms with Crippen LogP contribution in [0.15, 0.2) is 42.5 Å². The minimum absolute atomic E-state index is 0.0273. The molecule has 0 aromatic heterocycles. The molecule has 30 heavy (non-hydrogen) atoms. The molecule has 1 aliphatic rings. The molecule has 0 fully saturated rings. The Kier molecular flexibility index (Phi) is 6.87. The van der Waals surface area contributed by atoms with E-state index in [2.05, 4.69) is 0 Å². The van der Waals surface area contributed by atoms with E-state index in [4.69, 9.17) is 18.9 Å². The van der Waals surface area contributed by atoms with Crippen LogP contribution in [0.2, 0.25) is 0 Å². The number of hydrogen-bond acceptors (Lipinski definition) is 5. The monoisotopic (exact) mass is 411 g/mol. The molecule has 160 valence electrons. The van der Waals surface area contributed by atoms with E-state index in [1.807, 2.05) is 54.3 Å². The zero-order valence-corrected chi connectivity index (χ0v) is 18.2. The SMILES string of the molecule is COc1cc(OC)c(C2=CCN(C(=O)[C@@H](C)Oc3cccc(C)c3)CC2)c(OC)c1. The first kappa shape index (κ1) is 21.6. The van der Waals surface area contributed by atoms with Crippen LogP contribution < -0.4 is 18.9 Å². The van der Waals surface area contributed by atoms with E-state index >= 15 is 0 Å². The largest absolute Gasteiger partial charge is 0.496 e. The molecule has 0 saturated carbocycles. The standard InChI is InChI=1S/C24H29NO5/c1-16-7-6-8-19(13-16)30-17(2)24(26)25-11-9-18(10-12-25)23-21(28-4)14-20(27-3)15-22(23)29-5/h6-9,13-15,17H,10-12H2,1-5H3/t17-/m1/s1. The van der Waals surface area contributed by atoms with Gasteiger partial charge in [0.05, 0.1) is 26.9 Å². The highest BCUT2D eigenvalue weighted by atomic mass is 16.5. The molecular formula is C24H29NO5. The van der Waals surface area contributed by atoms with E-state index in [0.29, 0.717) is 42.5 Å². The molecule has 6 nitrogen and oxygen atoms in total. The molecular weight excluding hydrogens is 382 g/mol. The fourth-order valence-corrected chi connectivity index (χ4v) is 3.62. The van der Waals surface area contributed by atoms with Gasteiger partial charge in [0.25, 0.3) is 5.91 Å². The molecule has 3 rings (SSSR count). The number of carbonyl (C=O) groups excluding carboxylic acids is 1. The Morgan fingerprint density at radius 2 is 1.70 bits per heavy atom. The fourth-order valence-electron chi connectivity index (χ4n) is 3.62. The molecule has 0 spiro atoms. The summed E-state index contributed by atoms with van der Waals surface area (Å²) in [6, 6.07) is 11.4. The van der Waals surface area contributed by atoms with Gasteiger partial charge in [0.1, 0.15) is 23.0 Å². The average molecular weight is 411 g/mol. The summed E-state index contributed by atoms with van der Waals surface area (Å²) in [7, 11) is 4.86. The van der Waals surface area contributed by atoms with Crippen LogP contribution in [0.4, 0.5) is 0 Å². The highest BCUT2D eigenvalue weighted by molar-refractivity contribution is 5.83. The molecule has 0 N–H and O–H groups in total. The van der Waals surface area contributed by atoms with E-state index < -0.39 is 6.10 Å². The van der Waals surface area contributed by atoms with Gasteiger partial charge in [-0.25, -0.2) is 0 Å². The molecule has 1 aliphatic heterocycles. The van der Waals surface area contributed by atoms with Gasteiger partial charge in [-0.3, -0.25) is 4.79 Å². The number of methoxy groups -OCH3 is 3. The number of nitrogens with zero attached hydrogens (tertiary/aromatic N) is 1. The van der Waals surface area contributed by atoms with Gasteiger partial charge >= 0.3 is 0 Å². The van der Waals surface area contributed by atoms with Gasteiger partial charge in [-0.1, -0.05) is 18.2 Å². The number of ether oxygens (including phenoxy) is 4. The lowest BCUT2D eigenvalue weighted by Crippen LogP contribution is -2.42. The van der Waals surface area contributed by atoms with Gasteiger partial charge in [0.2, 0.25) is 0 Å². The van der Waals surface area contributed by atoms with Crippen molar-refractivity contribution in [2.24, 2.45) is 0 Å². The highest BCUT2D eigenvalue weighted by Gasteiger charge is 2.26. The van der Waals surface area contributed by atoms with Gasteiger partial charge in [-0.2, -0.15) is 0 Å². The summed E-state index contributed by atoms with van der Waals surface area (Å²) >= 11 is 0. The summed E-state index contributed by atoms with van der Waals surface area (Å²) in [6.07, 6.45) is 2.20. The Hall–Kier alpha value is -3.15. The number of hydrogen-bond donors (Lipinski definition) is 0. The van der Waals surface area contributed by atoms with E-state index in [1.165, 1.54) is 0 Å². The first-order valence-corrected chi connectivity index (χ1v) is 9.98. The summed E-state index contributed by atoms with van der Waals surface area (Å²) < 4.78 is 22.3. The van der Waals surface area contributed by atoms with Crippen molar-refractivity contribution in [3.05, 3.63) is 53.6 Å². The minimum Gasteiger partial charge on any atom is -0.496 e. The minimum atomic E-state index is -0.549. The average Bonchev–Trinajstić information content (AvgIpc) is 2.77. The van der Waals surface area contributed by atoms with Gasteiger partial charge < -0.3 is 23.8 Å². The topological polar surface area (TPSA) is 57.2 Å². The smallest absolute Gasteiger partial charge is 0.263 e. The Labute approximate surface area is 178 Å². The zero-order valence-electron chi connectivity index (χ0n) is 18.2. The van der Waals surface area contributed by atoms with E-state index in [1.54, 1.807) is 28.3 Å². The molecule has 1 atom stereocenters. The second kappa shape index (κ2) is 9.57. The van der Waals surface area contributed by atoms with Gasteiger partial charge in [0, 0.05) is 25.2 Å². The Morgan fingerprint density at radius 1 is 1.00 bits per heavy atom. The van der Waals surface area contributed by atoms with Crippen LogP contribution in [0.1, 0.15) is 24.5 Å². The zero-order chi connectivity index (χ0) is 21.7. The van der Waals surface area contributed by atoms with Crippen LogP contribution in [0.3, 0.4) is 0 Å². The van der Waals surface area contributed by atoms with Crippen molar-refractivity contribution >= 4 is 11.5 Å². The summed E-state index contributed by atoms with van der Waals surface area (Å²) in [5.41, 5.74) is 3.08. The fraction of sp³-hybridized carbons (Fsp3) is 0.375. The number of benzene rings is 2. The van der Waals surface area contributed by atoms with Gasteiger partial charge in [-0.15, -0.1) is 0 Å². The molecule has 6 heteroatoms. The van der Waals surface area contributed by atoms with Gasteiger partial charge in [0.15, 0.2) is 6.10 Å². The third-order valence-corrected chi connectivity index (χ3v) is 5.21. The normalized spacial score (nSPS) is 14.6. The maximum atomic E-state index is 12.9. The lowest BCUT2D eigenvalue weighted by Gasteiger charge is -2.30. The van der Waals surface area contributed by atoms with Crippen molar-refractivity contribution in [2.45, 2.75) is 26.4 Å². The van der Waals surface area contributed by atoms with E-state index in [-0.39, 0.29) is 5.91 Å². The van der Waals surface area contributed by atoms with Crippen LogP contribution in [-0.2, 0) is 4.79 Å². The number of amides is 1. The molecule has 0 bridgehead atoms. The predicted molar refractivity (Wildman–Crippen MR) is 117 cm³/mol. The third-order valence-electron chi connectivity index (χ3n) is 5.21. The third kappa shape index (κ3) is 4.70. The Morgan fingerprint density at radius 3 is 2.23 bits per heavy atom. The quantitative estimate of drug-likeness (QED) is 0.686. The summed E-state index contributed by atoms with van der Waals surface area (Å²) in [4.78, 5) is 14.7. The summed E-state index contributed by atoms with van der Waals surface area (Å²) in [6.45, 7) is 4.90. The molecule has 0 aliphatic carbocycles. The summed E-state index contributed by atoms with van der Waals surface area (Å²) in [5, 5.41) is 0. The molecule has 2 aromatic carbocycles. The molecule has 0 saturated heterocycles. The van der Waals surface area contributed by atoms with Crippen LogP contribution in [0.25, 0.3) is 5.57 Å². The molecule has 0 radical (unpaired) electrons. The first-order valence-electron chi connectivity index (χ1n) is 9.98. The van der Waals surface area contributed by atoms with Crippen molar-refractivity contribution in [2.75, 3.05) is 34.4 Å². The lowest BCUT2D eigenvalue weighted by molar-refractivity contribution is -0.137. The second-order valence-corrected chi connectivity index (χ2v) is 7.25. The molecule has 2 aromatic rings. The van der Waals surface area contributed by atoms with Gasteiger partial charge in [-0.05, 0) is 43.5 Å². The maximum absolute atomic E-state index is 12.9. The van der Waals surface area contributed by atoms with E-state index in [9.17, 15) is 4.79 Å². The Balaban J connectivity index is 1.74. The van der Waals surface area contributed by atoms with Crippen molar-refractivity contribution in [3.8, 4) is 23.0 Å². The van der Waals surface area contributed by atoms with Crippen LogP contribution in [-0.4, -0.2) is 51.3 Å². The number of rotatable bonds is 7. The van der Waals surface area contributed by atoms with Crippen LogP contribution in [0, 0.1) is 6.92 Å². The van der Waals surface area contributed by atoms with Crippen molar-refractivity contribution in [1.29, 1.82) is 0 Å². The van der Waals surface area contributed by atoms with Crippen molar-refractivity contribution in [3.63, 3.8) is 0 Å². The number of carbonyl (C=O) groups is 1. The van der Waals surface area contributed by atoms with Crippen molar-refractivity contribution in [1.82, 2.24) is 4.90 Å². The molecule has 0 unspecified atom stereocenters. The Bertz CT molecular complexity index is 912. The lowest BCUT2D eigenvalue weighted by atomic mass is 9.97. The molecule has 1 amide bonds. The van der Waals surface area contributed by atoms with Crippen molar-refractivity contribution < 1.29 is 23.7 Å². The summed E-state index contributed by atoms with van der Waals surface area (Å²) in [5.74, 6) is 2.72. The number of aryl methyl sites for hydroxylation is 1. The first-order chi connectivity index (χ1) is 14.5. The van der Waals surface area contributed by atoms with Crippen LogP contribution >= 0.6 is 0 Å². The maximum Gasteiger partial charge on any atom is 0.263 e. The van der Waals surface area contributed by atoms with Crippen LogP contribution in [0.5, 0.6) is 23.0 Å². The molecule has 1 heterocycles. The van der Waals surface area contributed by atoms with E-state index in [0.717, 1.165) is 16.7 Å².